The smallest absolute Gasteiger partial charge is 0.286 e. The van der Waals surface area contributed by atoms with Crippen molar-refractivity contribution in [3.05, 3.63) is 80.1 Å². The lowest BCUT2D eigenvalue weighted by molar-refractivity contribution is 0.634. The van der Waals surface area contributed by atoms with E-state index in [1.807, 2.05) is 34.9 Å². The maximum atomic E-state index is 13.6. The predicted octanol–water partition coefficient (Wildman–Crippen LogP) is 6.81. The number of hydrogen-bond donors (Lipinski definition) is 0. The first kappa shape index (κ1) is 21.2. The number of thioether (sulfide) groups is 1. The molecule has 0 radical (unpaired) electrons. The summed E-state index contributed by atoms with van der Waals surface area (Å²) in [6.45, 7) is 0.853. The Balaban J connectivity index is 1.45. The molecular weight excluding hydrogens is 495 g/mol. The molecule has 6 rings (SSSR count). The van der Waals surface area contributed by atoms with Crippen LogP contribution in [0.25, 0.3) is 26.9 Å². The first-order valence-electron chi connectivity index (χ1n) is 10.6. The van der Waals surface area contributed by atoms with Crippen LogP contribution in [0.15, 0.2) is 64.1 Å². The number of benzene rings is 2. The van der Waals surface area contributed by atoms with E-state index in [2.05, 4.69) is 10.4 Å². The molecule has 0 spiro atoms. The van der Waals surface area contributed by atoms with Gasteiger partial charge < -0.3 is 4.57 Å². The summed E-state index contributed by atoms with van der Waals surface area (Å²) in [5.74, 6) is 1.32. The summed E-state index contributed by atoms with van der Waals surface area (Å²) >= 11 is 15.6. The van der Waals surface area contributed by atoms with Gasteiger partial charge in [-0.15, -0.1) is 11.3 Å². The zero-order valence-corrected chi connectivity index (χ0v) is 20.5. The largest absolute Gasteiger partial charge is 0.315 e. The monoisotopic (exact) mass is 512 g/mol. The number of nitrogens with zero attached hydrogens (tertiary/aromatic N) is 4. The van der Waals surface area contributed by atoms with Crippen molar-refractivity contribution in [2.24, 2.45) is 5.92 Å². The first-order valence-corrected chi connectivity index (χ1v) is 13.2. The van der Waals surface area contributed by atoms with Crippen LogP contribution in [0, 0.1) is 5.92 Å². The van der Waals surface area contributed by atoms with Gasteiger partial charge in [-0.2, -0.15) is 0 Å². The Hall–Kier alpha value is -2.32. The first-order chi connectivity index (χ1) is 16.1. The maximum Gasteiger partial charge on any atom is 0.286 e. The molecule has 3 heterocycles. The molecule has 1 fully saturated rings. The molecule has 1 saturated carbocycles. The predicted molar refractivity (Wildman–Crippen MR) is 137 cm³/mol. The Labute approximate surface area is 208 Å². The Morgan fingerprint density at radius 2 is 1.88 bits per heavy atom. The molecular formula is C24H18Cl2N4OS2. The van der Waals surface area contributed by atoms with Gasteiger partial charge in [0.25, 0.3) is 5.56 Å². The second-order valence-electron chi connectivity index (χ2n) is 8.21. The van der Waals surface area contributed by atoms with Gasteiger partial charge in [0.05, 0.1) is 12.0 Å². The van der Waals surface area contributed by atoms with Crippen molar-refractivity contribution in [1.29, 1.82) is 0 Å². The summed E-state index contributed by atoms with van der Waals surface area (Å²) in [6, 6.07) is 13.2. The van der Waals surface area contributed by atoms with Crippen LogP contribution in [0.2, 0.25) is 10.0 Å². The molecule has 0 unspecified atom stereocenters. The summed E-state index contributed by atoms with van der Waals surface area (Å²) in [4.78, 5) is 22.9. The number of imidazole rings is 1. The molecule has 5 aromatic rings. The highest BCUT2D eigenvalue weighted by Gasteiger charge is 2.24. The number of halogens is 2. The summed E-state index contributed by atoms with van der Waals surface area (Å²) in [7, 11) is 0. The topological polar surface area (TPSA) is 52.7 Å². The molecule has 2 aromatic carbocycles. The van der Waals surface area contributed by atoms with Crippen molar-refractivity contribution in [2.45, 2.75) is 30.3 Å². The van der Waals surface area contributed by atoms with Gasteiger partial charge in [-0.05, 0) is 77.6 Å². The van der Waals surface area contributed by atoms with Gasteiger partial charge in [-0.1, -0.05) is 35.0 Å². The van der Waals surface area contributed by atoms with Gasteiger partial charge in [0.2, 0.25) is 0 Å². The zero-order chi connectivity index (χ0) is 22.5. The van der Waals surface area contributed by atoms with Crippen molar-refractivity contribution >= 4 is 67.6 Å². The number of thiophene rings is 1. The Kier molecular flexibility index (Phi) is 5.45. The molecule has 3 aromatic heterocycles. The summed E-state index contributed by atoms with van der Waals surface area (Å²) < 4.78 is 4.85. The van der Waals surface area contributed by atoms with Gasteiger partial charge >= 0.3 is 0 Å². The molecule has 0 amide bonds. The van der Waals surface area contributed by atoms with Crippen LogP contribution in [0.4, 0.5) is 0 Å². The van der Waals surface area contributed by atoms with Crippen LogP contribution in [-0.4, -0.2) is 19.1 Å². The van der Waals surface area contributed by atoms with E-state index in [0.717, 1.165) is 17.6 Å². The molecule has 0 saturated heterocycles. The second-order valence-corrected chi connectivity index (χ2v) is 10.9. The van der Waals surface area contributed by atoms with Crippen molar-refractivity contribution < 1.29 is 0 Å². The zero-order valence-electron chi connectivity index (χ0n) is 17.4. The van der Waals surface area contributed by atoms with Crippen molar-refractivity contribution in [2.75, 3.05) is 0 Å². The fraction of sp³-hybridized carbons (Fsp3) is 0.208. The molecule has 5 nitrogen and oxygen atoms in total. The summed E-state index contributed by atoms with van der Waals surface area (Å²) in [6.07, 6.45) is 4.18. The van der Waals surface area contributed by atoms with Crippen LogP contribution in [-0.2, 0) is 12.3 Å². The minimum Gasteiger partial charge on any atom is -0.315 e. The van der Waals surface area contributed by atoms with Crippen molar-refractivity contribution in [3.63, 3.8) is 0 Å². The highest BCUT2D eigenvalue weighted by atomic mass is 35.5. The highest BCUT2D eigenvalue weighted by Crippen LogP contribution is 2.34. The maximum absolute atomic E-state index is 13.6. The average Bonchev–Trinajstić information content (AvgIpc) is 3.40. The molecule has 33 heavy (non-hydrogen) atoms. The van der Waals surface area contributed by atoms with Gasteiger partial charge in [0.15, 0.2) is 16.3 Å². The molecule has 0 atom stereocenters. The summed E-state index contributed by atoms with van der Waals surface area (Å²) in [5.41, 5.74) is 2.76. The van der Waals surface area contributed by atoms with E-state index in [1.54, 1.807) is 46.1 Å². The van der Waals surface area contributed by atoms with Crippen LogP contribution in [0.5, 0.6) is 0 Å². The van der Waals surface area contributed by atoms with Crippen LogP contribution < -0.4 is 5.56 Å². The van der Waals surface area contributed by atoms with Crippen LogP contribution in [0.1, 0.15) is 18.4 Å². The Morgan fingerprint density at radius 1 is 1.09 bits per heavy atom. The molecule has 0 N–H and O–H groups in total. The SMILES string of the molecule is O=c1c2ncn(CC3CC3)c2nc(SCc2csc3ccc(Cl)cc23)n1-c1ccc(Cl)cc1. The molecule has 1 aliphatic carbocycles. The van der Waals surface area contributed by atoms with Gasteiger partial charge in [-0.3, -0.25) is 9.36 Å². The lowest BCUT2D eigenvalue weighted by Crippen LogP contribution is -2.22. The highest BCUT2D eigenvalue weighted by molar-refractivity contribution is 7.98. The minimum absolute atomic E-state index is 0.169. The van der Waals surface area contributed by atoms with E-state index in [1.165, 1.54) is 23.1 Å². The fourth-order valence-corrected chi connectivity index (χ4v) is 6.25. The molecule has 0 bridgehead atoms. The Morgan fingerprint density at radius 3 is 2.67 bits per heavy atom. The third-order valence-electron chi connectivity index (χ3n) is 5.82. The van der Waals surface area contributed by atoms with E-state index in [4.69, 9.17) is 28.2 Å². The van der Waals surface area contributed by atoms with E-state index >= 15 is 0 Å². The molecule has 1 aliphatic rings. The van der Waals surface area contributed by atoms with Crippen LogP contribution >= 0.6 is 46.3 Å². The quantitative estimate of drug-likeness (QED) is 0.185. The van der Waals surface area contributed by atoms with E-state index in [9.17, 15) is 4.79 Å². The van der Waals surface area contributed by atoms with E-state index < -0.39 is 0 Å². The summed E-state index contributed by atoms with van der Waals surface area (Å²) in [5, 5.41) is 5.25. The van der Waals surface area contributed by atoms with Crippen molar-refractivity contribution in [3.8, 4) is 5.69 Å². The molecule has 0 aliphatic heterocycles. The van der Waals surface area contributed by atoms with Gasteiger partial charge in [0.1, 0.15) is 0 Å². The van der Waals surface area contributed by atoms with E-state index in [-0.39, 0.29) is 5.56 Å². The lowest BCUT2D eigenvalue weighted by Gasteiger charge is -2.13. The number of rotatable bonds is 6. The number of aromatic nitrogens is 4. The second kappa shape index (κ2) is 8.47. The van der Waals surface area contributed by atoms with Gasteiger partial charge in [-0.25, -0.2) is 9.97 Å². The molecule has 166 valence electrons. The normalized spacial score (nSPS) is 13.9. The Bertz CT molecular complexity index is 1550. The third kappa shape index (κ3) is 4.08. The number of fused-ring (bicyclic) bond motifs is 2. The van der Waals surface area contributed by atoms with Gasteiger partial charge in [0, 0.05) is 27.0 Å². The molecule has 9 heteroatoms. The third-order valence-corrected chi connectivity index (χ3v) is 8.30. The minimum atomic E-state index is -0.169. The van der Waals surface area contributed by atoms with Crippen LogP contribution in [0.3, 0.4) is 0 Å². The fourth-order valence-electron chi connectivity index (χ4n) is 3.91. The number of hydrogen-bond acceptors (Lipinski definition) is 5. The van der Waals surface area contributed by atoms with E-state index in [0.29, 0.717) is 38.0 Å². The lowest BCUT2D eigenvalue weighted by atomic mass is 10.2. The standard InChI is InChI=1S/C24H18Cl2N4OS2/c25-16-3-6-18(7-4-16)30-23(31)21-22(29(13-27-21)10-14-1-2-14)28-24(30)33-12-15-11-32-20-8-5-17(26)9-19(15)20/h3-9,11,13-14H,1-2,10,12H2. The van der Waals surface area contributed by atoms with Crippen molar-refractivity contribution in [1.82, 2.24) is 19.1 Å². The average molecular weight is 513 g/mol.